The first-order valence-corrected chi connectivity index (χ1v) is 7.13. The zero-order valence-corrected chi connectivity index (χ0v) is 11.9. The molecule has 1 heterocycles. The summed E-state index contributed by atoms with van der Waals surface area (Å²) >= 11 is 3.30. The molecule has 0 amide bonds. The molecule has 1 aliphatic heterocycles. The number of nitrogens with zero attached hydrogens (tertiary/aromatic N) is 1. The number of likely N-dealkylation sites (tertiary alicyclic amines) is 1. The number of hydrogen-bond acceptors (Lipinski definition) is 1. The molecule has 0 aliphatic carbocycles. The van der Waals surface area contributed by atoms with Crippen molar-refractivity contribution in [3.8, 4) is 0 Å². The Hall–Kier alpha value is -0.851. The van der Waals surface area contributed by atoms with E-state index in [-0.39, 0.29) is 0 Å². The van der Waals surface area contributed by atoms with Crippen LogP contribution >= 0.6 is 0 Å². The van der Waals surface area contributed by atoms with Crippen LogP contribution in [0.25, 0.3) is 0 Å². The zero-order chi connectivity index (χ0) is 12.1. The molecule has 17 heavy (non-hydrogen) atoms. The van der Waals surface area contributed by atoms with E-state index < -0.39 is 0 Å². The summed E-state index contributed by atoms with van der Waals surface area (Å²) in [6.45, 7) is 6.28. The third-order valence-corrected chi connectivity index (χ3v) is 4.46. The summed E-state index contributed by atoms with van der Waals surface area (Å²) in [5.41, 5.74) is 1.38. The van der Waals surface area contributed by atoms with E-state index in [2.05, 4.69) is 57.4 Å². The van der Waals surface area contributed by atoms with Crippen LogP contribution in [0.15, 0.2) is 43.0 Å². The van der Waals surface area contributed by atoms with Gasteiger partial charge in [0.25, 0.3) is 0 Å². The molecule has 1 aromatic carbocycles. The predicted octanol–water partition coefficient (Wildman–Crippen LogP) is 2.74. The van der Waals surface area contributed by atoms with Gasteiger partial charge in [0.1, 0.15) is 0 Å². The summed E-state index contributed by atoms with van der Waals surface area (Å²) in [6.07, 6.45) is 5.66. The van der Waals surface area contributed by atoms with Gasteiger partial charge in [-0.15, -0.1) is 0 Å². The summed E-state index contributed by atoms with van der Waals surface area (Å²) in [5.74, 6) is 0.451. The minimum absolute atomic E-state index is 0.451. The average molecular weight is 292 g/mol. The van der Waals surface area contributed by atoms with Gasteiger partial charge in [0, 0.05) is 0 Å². The van der Waals surface area contributed by atoms with Gasteiger partial charge in [-0.2, -0.15) is 0 Å². The fourth-order valence-electron chi connectivity index (χ4n) is 2.39. The van der Waals surface area contributed by atoms with Crippen LogP contribution < -0.4 is 0 Å². The SMILES string of the molecule is C=CCC(C(=[Se])N1CCCC1)c1ccccc1. The first-order valence-electron chi connectivity index (χ1n) is 6.27. The molecule has 2 rings (SSSR count). The summed E-state index contributed by atoms with van der Waals surface area (Å²) < 4.78 is 1.38. The average Bonchev–Trinajstić information content (AvgIpc) is 2.90. The van der Waals surface area contributed by atoms with E-state index in [1.165, 1.54) is 36.0 Å². The number of rotatable bonds is 5. The molecule has 0 N–H and O–H groups in total. The van der Waals surface area contributed by atoms with Crippen molar-refractivity contribution < 1.29 is 0 Å². The molecule has 0 saturated carbocycles. The molecule has 1 fully saturated rings. The third-order valence-electron chi connectivity index (χ3n) is 3.32. The molecule has 90 valence electrons. The van der Waals surface area contributed by atoms with Crippen molar-refractivity contribution in [1.29, 1.82) is 0 Å². The van der Waals surface area contributed by atoms with Crippen LogP contribution in [0.1, 0.15) is 30.7 Å². The van der Waals surface area contributed by atoms with Crippen molar-refractivity contribution in [1.82, 2.24) is 4.90 Å². The quantitative estimate of drug-likeness (QED) is 0.596. The summed E-state index contributed by atoms with van der Waals surface area (Å²) in [6, 6.07) is 10.7. The van der Waals surface area contributed by atoms with Crippen molar-refractivity contribution in [2.75, 3.05) is 13.1 Å². The second-order valence-corrected chi connectivity index (χ2v) is 5.40. The first kappa shape index (κ1) is 12.6. The van der Waals surface area contributed by atoms with E-state index in [1.807, 2.05) is 6.08 Å². The molecule has 1 saturated heterocycles. The molecule has 1 aliphatic rings. The van der Waals surface area contributed by atoms with Crippen LogP contribution in [0.5, 0.6) is 0 Å². The Morgan fingerprint density at radius 1 is 1.29 bits per heavy atom. The zero-order valence-electron chi connectivity index (χ0n) is 10.1. The Labute approximate surface area is 112 Å². The molecular weight excluding hydrogens is 273 g/mol. The molecule has 1 nitrogen and oxygen atoms in total. The molecule has 0 bridgehead atoms. The van der Waals surface area contributed by atoms with Crippen molar-refractivity contribution >= 4 is 20.1 Å². The molecule has 0 aromatic heterocycles. The molecule has 0 radical (unpaired) electrons. The topological polar surface area (TPSA) is 3.24 Å². The Balaban J connectivity index is 2.16. The second kappa shape index (κ2) is 6.18. The molecule has 0 spiro atoms. The van der Waals surface area contributed by atoms with Crippen LogP contribution in [0.3, 0.4) is 0 Å². The maximum absolute atomic E-state index is 3.89. The maximum atomic E-state index is 3.89. The Kier molecular flexibility index (Phi) is 4.58. The van der Waals surface area contributed by atoms with Crippen LogP contribution in [-0.4, -0.2) is 38.1 Å². The van der Waals surface area contributed by atoms with Gasteiger partial charge in [-0.1, -0.05) is 0 Å². The van der Waals surface area contributed by atoms with Gasteiger partial charge in [0.05, 0.1) is 0 Å². The fourth-order valence-corrected chi connectivity index (χ4v) is 3.26. The monoisotopic (exact) mass is 293 g/mol. The second-order valence-electron chi connectivity index (χ2n) is 4.52. The van der Waals surface area contributed by atoms with Crippen molar-refractivity contribution in [3.63, 3.8) is 0 Å². The Morgan fingerprint density at radius 3 is 2.53 bits per heavy atom. The van der Waals surface area contributed by atoms with E-state index in [4.69, 9.17) is 0 Å². The molecule has 2 heteroatoms. The summed E-state index contributed by atoms with van der Waals surface area (Å²) in [5, 5.41) is 0. The summed E-state index contributed by atoms with van der Waals surface area (Å²) in [7, 11) is 0. The fraction of sp³-hybridized carbons (Fsp3) is 0.400. The molecule has 1 atom stereocenters. The van der Waals surface area contributed by atoms with Crippen molar-refractivity contribution in [2.24, 2.45) is 0 Å². The molecule has 1 aromatic rings. The molecule has 1 unspecified atom stereocenters. The van der Waals surface area contributed by atoms with E-state index >= 15 is 0 Å². The third kappa shape index (κ3) is 3.08. The van der Waals surface area contributed by atoms with Crippen LogP contribution in [-0.2, 0) is 0 Å². The van der Waals surface area contributed by atoms with Crippen molar-refractivity contribution in [2.45, 2.75) is 25.2 Å². The van der Waals surface area contributed by atoms with Gasteiger partial charge < -0.3 is 0 Å². The first-order chi connectivity index (χ1) is 8.33. The normalized spacial score (nSPS) is 16.8. The Bertz CT molecular complexity index is 379. The van der Waals surface area contributed by atoms with E-state index in [1.54, 1.807) is 0 Å². The van der Waals surface area contributed by atoms with Gasteiger partial charge in [-0.3, -0.25) is 0 Å². The molecular formula is C15H19NSe. The van der Waals surface area contributed by atoms with Crippen LogP contribution in [0, 0.1) is 0 Å². The van der Waals surface area contributed by atoms with Crippen molar-refractivity contribution in [3.05, 3.63) is 48.6 Å². The summed E-state index contributed by atoms with van der Waals surface area (Å²) in [4.78, 5) is 2.49. The predicted molar refractivity (Wildman–Crippen MR) is 75.6 cm³/mol. The van der Waals surface area contributed by atoms with Gasteiger partial charge in [0.2, 0.25) is 0 Å². The number of allylic oxidation sites excluding steroid dienone is 1. The van der Waals surface area contributed by atoms with E-state index in [9.17, 15) is 0 Å². The minimum atomic E-state index is 0.451. The van der Waals surface area contributed by atoms with E-state index in [0.717, 1.165) is 6.42 Å². The number of hydrogen-bond donors (Lipinski definition) is 0. The van der Waals surface area contributed by atoms with E-state index in [0.29, 0.717) is 5.92 Å². The van der Waals surface area contributed by atoms with Gasteiger partial charge >= 0.3 is 112 Å². The van der Waals surface area contributed by atoms with Gasteiger partial charge in [0.15, 0.2) is 0 Å². The van der Waals surface area contributed by atoms with Gasteiger partial charge in [-0.05, 0) is 0 Å². The van der Waals surface area contributed by atoms with Gasteiger partial charge in [-0.25, -0.2) is 0 Å². The van der Waals surface area contributed by atoms with Crippen LogP contribution in [0.2, 0.25) is 0 Å². The Morgan fingerprint density at radius 2 is 1.94 bits per heavy atom. The van der Waals surface area contributed by atoms with Crippen LogP contribution in [0.4, 0.5) is 0 Å². The standard InChI is InChI=1S/C15H19NSe/c1-2-8-14(13-9-4-3-5-10-13)15(17)16-11-6-7-12-16/h2-5,9-10,14H,1,6-8,11-12H2. The number of benzene rings is 1.